The van der Waals surface area contributed by atoms with E-state index in [0.717, 1.165) is 0 Å². The van der Waals surface area contributed by atoms with Crippen LogP contribution in [0.2, 0.25) is 5.02 Å². The molecule has 1 N–H and O–H groups in total. The van der Waals surface area contributed by atoms with E-state index in [1.54, 1.807) is 17.0 Å². The van der Waals surface area contributed by atoms with Crippen molar-refractivity contribution in [3.05, 3.63) is 22.7 Å². The average Bonchev–Trinajstić information content (AvgIpc) is 2.83. The minimum Gasteiger partial charge on any atom is -0.493 e. The van der Waals surface area contributed by atoms with Crippen LogP contribution < -0.4 is 9.47 Å². The van der Waals surface area contributed by atoms with E-state index in [0.29, 0.717) is 41.6 Å². The van der Waals surface area contributed by atoms with Crippen molar-refractivity contribution in [2.45, 2.75) is 12.5 Å². The Morgan fingerprint density at radius 2 is 2.16 bits per heavy atom. The van der Waals surface area contributed by atoms with Crippen LogP contribution in [0.15, 0.2) is 12.1 Å². The SMILES string of the molecule is COc1cc(C(=O)N2CC[C@@H](O)C2)cc(Cl)c1OC. The van der Waals surface area contributed by atoms with Crippen LogP contribution in [0.3, 0.4) is 0 Å². The Balaban J connectivity index is 2.30. The summed E-state index contributed by atoms with van der Waals surface area (Å²) >= 11 is 6.07. The smallest absolute Gasteiger partial charge is 0.254 e. The molecule has 0 aliphatic carbocycles. The predicted octanol–water partition coefficient (Wildman–Crippen LogP) is 1.56. The van der Waals surface area contributed by atoms with E-state index in [-0.39, 0.29) is 5.91 Å². The summed E-state index contributed by atoms with van der Waals surface area (Å²) in [4.78, 5) is 13.9. The van der Waals surface area contributed by atoms with Gasteiger partial charge in [-0.2, -0.15) is 0 Å². The Morgan fingerprint density at radius 1 is 1.42 bits per heavy atom. The van der Waals surface area contributed by atoms with Crippen molar-refractivity contribution >= 4 is 17.5 Å². The maximum atomic E-state index is 12.3. The van der Waals surface area contributed by atoms with Gasteiger partial charge in [-0.15, -0.1) is 0 Å². The molecule has 0 saturated carbocycles. The highest BCUT2D eigenvalue weighted by Crippen LogP contribution is 2.36. The lowest BCUT2D eigenvalue weighted by Crippen LogP contribution is -2.29. The van der Waals surface area contributed by atoms with E-state index in [2.05, 4.69) is 0 Å². The molecule has 104 valence electrons. The van der Waals surface area contributed by atoms with Gasteiger partial charge in [0.15, 0.2) is 11.5 Å². The van der Waals surface area contributed by atoms with Crippen molar-refractivity contribution in [1.82, 2.24) is 4.90 Å². The summed E-state index contributed by atoms with van der Waals surface area (Å²) in [6.07, 6.45) is 0.159. The van der Waals surface area contributed by atoms with E-state index >= 15 is 0 Å². The molecule has 1 atom stereocenters. The Bertz CT molecular complexity index is 492. The lowest BCUT2D eigenvalue weighted by atomic mass is 10.1. The highest BCUT2D eigenvalue weighted by Gasteiger charge is 2.26. The number of rotatable bonds is 3. The van der Waals surface area contributed by atoms with Crippen LogP contribution in [-0.2, 0) is 0 Å². The quantitative estimate of drug-likeness (QED) is 0.916. The molecule has 1 fully saturated rings. The second-order valence-corrected chi connectivity index (χ2v) is 4.79. The van der Waals surface area contributed by atoms with Crippen LogP contribution in [0.5, 0.6) is 11.5 Å². The second kappa shape index (κ2) is 5.67. The van der Waals surface area contributed by atoms with Gasteiger partial charge >= 0.3 is 0 Å². The molecule has 0 bridgehead atoms. The topological polar surface area (TPSA) is 59.0 Å². The fourth-order valence-electron chi connectivity index (χ4n) is 2.15. The lowest BCUT2D eigenvalue weighted by Gasteiger charge is -2.17. The molecular weight excluding hydrogens is 270 g/mol. The molecular formula is C13H16ClNO4. The minimum atomic E-state index is -0.445. The van der Waals surface area contributed by atoms with Gasteiger partial charge in [0.2, 0.25) is 0 Å². The molecule has 1 heterocycles. The van der Waals surface area contributed by atoms with Gasteiger partial charge < -0.3 is 19.5 Å². The first kappa shape index (κ1) is 14.0. The largest absolute Gasteiger partial charge is 0.493 e. The van der Waals surface area contributed by atoms with Gasteiger partial charge in [0, 0.05) is 18.7 Å². The normalized spacial score (nSPS) is 18.5. The number of nitrogens with zero attached hydrogens (tertiary/aromatic N) is 1. The van der Waals surface area contributed by atoms with Crippen molar-refractivity contribution in [3.8, 4) is 11.5 Å². The Hall–Kier alpha value is -1.46. The van der Waals surface area contributed by atoms with Crippen molar-refractivity contribution in [2.75, 3.05) is 27.3 Å². The van der Waals surface area contributed by atoms with Crippen LogP contribution in [0.1, 0.15) is 16.8 Å². The molecule has 1 amide bonds. The third-order valence-electron chi connectivity index (χ3n) is 3.13. The van der Waals surface area contributed by atoms with E-state index in [9.17, 15) is 9.90 Å². The Morgan fingerprint density at radius 3 is 2.68 bits per heavy atom. The van der Waals surface area contributed by atoms with Crippen LogP contribution in [0.25, 0.3) is 0 Å². The van der Waals surface area contributed by atoms with Gasteiger partial charge in [-0.1, -0.05) is 11.6 Å². The van der Waals surface area contributed by atoms with Crippen LogP contribution in [-0.4, -0.2) is 49.3 Å². The zero-order valence-electron chi connectivity index (χ0n) is 10.9. The van der Waals surface area contributed by atoms with Crippen molar-refractivity contribution in [2.24, 2.45) is 0 Å². The summed E-state index contributed by atoms with van der Waals surface area (Å²) in [7, 11) is 2.98. The predicted molar refractivity (Wildman–Crippen MR) is 71.1 cm³/mol. The first-order valence-electron chi connectivity index (χ1n) is 5.95. The molecule has 1 aromatic rings. The summed E-state index contributed by atoms with van der Waals surface area (Å²) < 4.78 is 10.3. The number of aliphatic hydroxyl groups is 1. The van der Waals surface area contributed by atoms with E-state index < -0.39 is 6.10 Å². The van der Waals surface area contributed by atoms with Gasteiger partial charge in [0.1, 0.15) is 0 Å². The number of benzene rings is 1. The minimum absolute atomic E-state index is 0.167. The van der Waals surface area contributed by atoms with Crippen LogP contribution in [0.4, 0.5) is 0 Å². The Kier molecular flexibility index (Phi) is 4.17. The second-order valence-electron chi connectivity index (χ2n) is 4.39. The van der Waals surface area contributed by atoms with Gasteiger partial charge in [-0.25, -0.2) is 0 Å². The number of halogens is 1. The van der Waals surface area contributed by atoms with Crippen molar-refractivity contribution in [1.29, 1.82) is 0 Å². The highest BCUT2D eigenvalue weighted by atomic mass is 35.5. The lowest BCUT2D eigenvalue weighted by molar-refractivity contribution is 0.0764. The molecule has 0 spiro atoms. The molecule has 0 radical (unpaired) electrons. The molecule has 19 heavy (non-hydrogen) atoms. The zero-order chi connectivity index (χ0) is 14.0. The third-order valence-corrected chi connectivity index (χ3v) is 3.41. The fourth-order valence-corrected chi connectivity index (χ4v) is 2.44. The number of amides is 1. The number of carbonyl (C=O) groups excluding carboxylic acids is 1. The number of ether oxygens (including phenoxy) is 2. The van der Waals surface area contributed by atoms with Gasteiger partial charge in [-0.05, 0) is 18.6 Å². The molecule has 0 unspecified atom stereocenters. The standard InChI is InChI=1S/C13H16ClNO4/c1-18-11-6-8(5-10(14)12(11)19-2)13(17)15-4-3-9(16)7-15/h5-6,9,16H,3-4,7H2,1-2H3/t9-/m1/s1. The van der Waals surface area contributed by atoms with Crippen molar-refractivity contribution in [3.63, 3.8) is 0 Å². The number of methoxy groups -OCH3 is 2. The van der Waals surface area contributed by atoms with Crippen molar-refractivity contribution < 1.29 is 19.4 Å². The number of aliphatic hydroxyl groups excluding tert-OH is 1. The first-order chi connectivity index (χ1) is 9.06. The molecule has 1 saturated heterocycles. The van der Waals surface area contributed by atoms with E-state index in [1.165, 1.54) is 14.2 Å². The van der Waals surface area contributed by atoms with Crippen LogP contribution in [0, 0.1) is 0 Å². The maximum absolute atomic E-state index is 12.3. The molecule has 5 nitrogen and oxygen atoms in total. The summed E-state index contributed by atoms with van der Waals surface area (Å²) in [5, 5.41) is 9.79. The molecule has 0 aromatic heterocycles. The Labute approximate surface area is 116 Å². The number of carbonyl (C=O) groups is 1. The summed E-state index contributed by atoms with van der Waals surface area (Å²) in [6, 6.07) is 3.15. The summed E-state index contributed by atoms with van der Waals surface area (Å²) in [5.74, 6) is 0.652. The average molecular weight is 286 g/mol. The summed E-state index contributed by atoms with van der Waals surface area (Å²) in [5.41, 5.74) is 0.428. The molecule has 1 aromatic carbocycles. The third kappa shape index (κ3) is 2.77. The molecule has 6 heteroatoms. The van der Waals surface area contributed by atoms with Crippen LogP contribution >= 0.6 is 11.6 Å². The first-order valence-corrected chi connectivity index (χ1v) is 6.33. The van der Waals surface area contributed by atoms with E-state index in [1.807, 2.05) is 0 Å². The maximum Gasteiger partial charge on any atom is 0.254 e. The van der Waals surface area contributed by atoms with Gasteiger partial charge in [0.25, 0.3) is 5.91 Å². The van der Waals surface area contributed by atoms with Gasteiger partial charge in [-0.3, -0.25) is 4.79 Å². The summed E-state index contributed by atoms with van der Waals surface area (Å²) in [6.45, 7) is 0.900. The monoisotopic (exact) mass is 285 g/mol. The molecule has 1 aliphatic heterocycles. The zero-order valence-corrected chi connectivity index (χ0v) is 11.6. The number of hydrogen-bond acceptors (Lipinski definition) is 4. The van der Waals surface area contributed by atoms with E-state index in [4.69, 9.17) is 21.1 Å². The number of likely N-dealkylation sites (tertiary alicyclic amines) is 1. The number of hydrogen-bond donors (Lipinski definition) is 1. The highest BCUT2D eigenvalue weighted by molar-refractivity contribution is 6.32. The molecule has 1 aliphatic rings. The van der Waals surface area contributed by atoms with Gasteiger partial charge in [0.05, 0.1) is 25.3 Å². The fraction of sp³-hybridized carbons (Fsp3) is 0.462. The number of β-amino-alcohol motifs (C(OH)–C–C–N with tert-alkyl or cyclic N) is 1. The molecule has 2 rings (SSSR count).